The summed E-state index contributed by atoms with van der Waals surface area (Å²) in [5.41, 5.74) is 0. The molecule has 2 unspecified atom stereocenters. The van der Waals surface area contributed by atoms with Crippen molar-refractivity contribution in [2.75, 3.05) is 26.2 Å². The van der Waals surface area contributed by atoms with Crippen LogP contribution in [0.3, 0.4) is 0 Å². The Morgan fingerprint density at radius 2 is 1.67 bits per heavy atom. The molecular weight excluding hydrogens is 298 g/mol. The molecule has 0 N–H and O–H groups in total. The Hall–Kier alpha value is -0.610. The first-order valence-corrected chi connectivity index (χ1v) is 10.2. The molecule has 2 saturated heterocycles. The van der Waals surface area contributed by atoms with Crippen LogP contribution in [0.15, 0.2) is 0 Å². The topological polar surface area (TPSA) is 26.8 Å². The maximum absolute atomic E-state index is 12.2. The molecular formula is C20H37N3O. The standard InChI is InChI=1S/C20H37N3O/c1-15(2)21-11-9-18(10-12-21)14-22-13-16(3)23(17(4)24)20-8-6-5-7-19(20)22/h15-16,18-20H,5-14H2,1-4H3/t16-,19?,20?/m0/s1. The summed E-state index contributed by atoms with van der Waals surface area (Å²) in [6.07, 6.45) is 7.80. The van der Waals surface area contributed by atoms with Gasteiger partial charge in [0.25, 0.3) is 0 Å². The Labute approximate surface area is 148 Å². The van der Waals surface area contributed by atoms with Crippen molar-refractivity contribution in [1.82, 2.24) is 14.7 Å². The average Bonchev–Trinajstić information content (AvgIpc) is 2.55. The zero-order valence-corrected chi connectivity index (χ0v) is 16.2. The number of amides is 1. The highest BCUT2D eigenvalue weighted by Crippen LogP contribution is 2.34. The molecule has 0 spiro atoms. The quantitative estimate of drug-likeness (QED) is 0.793. The zero-order valence-electron chi connectivity index (χ0n) is 16.2. The molecule has 0 bridgehead atoms. The van der Waals surface area contributed by atoms with E-state index in [4.69, 9.17) is 0 Å². The molecule has 0 radical (unpaired) electrons. The fraction of sp³-hybridized carbons (Fsp3) is 0.950. The van der Waals surface area contributed by atoms with Crippen LogP contribution in [0.1, 0.15) is 66.2 Å². The van der Waals surface area contributed by atoms with Gasteiger partial charge in [-0.15, -0.1) is 0 Å². The predicted molar refractivity (Wildman–Crippen MR) is 99.0 cm³/mol. The molecule has 1 aliphatic carbocycles. The summed E-state index contributed by atoms with van der Waals surface area (Å²) in [6, 6.07) is 2.14. The second kappa shape index (κ2) is 7.74. The number of carbonyl (C=O) groups excluding carboxylic acids is 1. The van der Waals surface area contributed by atoms with Crippen LogP contribution in [0.25, 0.3) is 0 Å². The van der Waals surface area contributed by atoms with E-state index in [1.54, 1.807) is 6.92 Å². The lowest BCUT2D eigenvalue weighted by atomic mass is 9.83. The number of piperidine rings is 1. The third kappa shape index (κ3) is 3.80. The van der Waals surface area contributed by atoms with Crippen LogP contribution in [0.5, 0.6) is 0 Å². The van der Waals surface area contributed by atoms with Gasteiger partial charge >= 0.3 is 0 Å². The third-order valence-corrected chi connectivity index (χ3v) is 6.73. The minimum absolute atomic E-state index is 0.282. The van der Waals surface area contributed by atoms with E-state index < -0.39 is 0 Å². The molecule has 4 heteroatoms. The van der Waals surface area contributed by atoms with E-state index >= 15 is 0 Å². The SMILES string of the molecule is CC(=O)N1C2CCCCC2N(CC2CCN(C(C)C)CC2)C[C@@H]1C. The number of carbonyl (C=O) groups is 1. The van der Waals surface area contributed by atoms with Gasteiger partial charge in [-0.3, -0.25) is 9.69 Å². The van der Waals surface area contributed by atoms with E-state index in [2.05, 4.69) is 35.5 Å². The van der Waals surface area contributed by atoms with Crippen LogP contribution < -0.4 is 0 Å². The predicted octanol–water partition coefficient (Wildman–Crippen LogP) is 2.97. The van der Waals surface area contributed by atoms with Crippen LogP contribution in [0, 0.1) is 5.92 Å². The summed E-state index contributed by atoms with van der Waals surface area (Å²) in [5, 5.41) is 0. The molecule has 2 aliphatic heterocycles. The molecule has 24 heavy (non-hydrogen) atoms. The lowest BCUT2D eigenvalue weighted by Crippen LogP contribution is -2.65. The normalized spacial score (nSPS) is 33.7. The fourth-order valence-corrected chi connectivity index (χ4v) is 5.47. The van der Waals surface area contributed by atoms with E-state index in [0.29, 0.717) is 24.2 Å². The highest BCUT2D eigenvalue weighted by Gasteiger charge is 2.42. The molecule has 138 valence electrons. The average molecular weight is 336 g/mol. The zero-order chi connectivity index (χ0) is 17.3. The number of nitrogens with zero attached hydrogens (tertiary/aromatic N) is 3. The highest BCUT2D eigenvalue weighted by atomic mass is 16.2. The summed E-state index contributed by atoms with van der Waals surface area (Å²) in [7, 11) is 0. The van der Waals surface area contributed by atoms with Crippen molar-refractivity contribution < 1.29 is 4.79 Å². The van der Waals surface area contributed by atoms with Crippen LogP contribution in [-0.2, 0) is 4.79 Å². The van der Waals surface area contributed by atoms with Crippen LogP contribution >= 0.6 is 0 Å². The molecule has 3 fully saturated rings. The molecule has 1 amide bonds. The van der Waals surface area contributed by atoms with Crippen molar-refractivity contribution in [3.05, 3.63) is 0 Å². The molecule has 3 atom stereocenters. The summed E-state index contributed by atoms with van der Waals surface area (Å²) in [5.74, 6) is 1.13. The maximum atomic E-state index is 12.2. The Morgan fingerprint density at radius 1 is 1.04 bits per heavy atom. The number of piperazine rings is 1. The van der Waals surface area contributed by atoms with Crippen LogP contribution in [0.2, 0.25) is 0 Å². The molecule has 3 aliphatic rings. The van der Waals surface area contributed by atoms with Gasteiger partial charge in [-0.25, -0.2) is 0 Å². The number of fused-ring (bicyclic) bond motifs is 1. The number of hydrogen-bond donors (Lipinski definition) is 0. The Bertz CT molecular complexity index is 431. The molecule has 0 aromatic carbocycles. The van der Waals surface area contributed by atoms with Crippen molar-refractivity contribution in [2.45, 2.75) is 90.4 Å². The Morgan fingerprint density at radius 3 is 2.25 bits per heavy atom. The first kappa shape index (κ1) is 18.2. The summed E-state index contributed by atoms with van der Waals surface area (Å²) >= 11 is 0. The van der Waals surface area contributed by atoms with Gasteiger partial charge in [-0.2, -0.15) is 0 Å². The maximum Gasteiger partial charge on any atom is 0.220 e. The van der Waals surface area contributed by atoms with E-state index in [-0.39, 0.29) is 5.91 Å². The van der Waals surface area contributed by atoms with Crippen molar-refractivity contribution in [1.29, 1.82) is 0 Å². The van der Waals surface area contributed by atoms with Gasteiger partial charge in [0.2, 0.25) is 5.91 Å². The molecule has 4 nitrogen and oxygen atoms in total. The van der Waals surface area contributed by atoms with E-state index in [0.717, 1.165) is 12.5 Å². The lowest BCUT2D eigenvalue weighted by Gasteiger charge is -2.53. The Balaban J connectivity index is 1.62. The minimum Gasteiger partial charge on any atom is -0.334 e. The Kier molecular flexibility index (Phi) is 5.86. The van der Waals surface area contributed by atoms with Gasteiger partial charge in [-0.1, -0.05) is 12.8 Å². The van der Waals surface area contributed by atoms with Gasteiger partial charge in [0.15, 0.2) is 0 Å². The fourth-order valence-electron chi connectivity index (χ4n) is 5.47. The van der Waals surface area contributed by atoms with E-state index in [9.17, 15) is 4.79 Å². The van der Waals surface area contributed by atoms with Gasteiger partial charge < -0.3 is 9.80 Å². The molecule has 0 aromatic heterocycles. The van der Waals surface area contributed by atoms with Gasteiger partial charge in [0, 0.05) is 44.2 Å². The number of hydrogen-bond acceptors (Lipinski definition) is 3. The van der Waals surface area contributed by atoms with Gasteiger partial charge in [0.05, 0.1) is 0 Å². The molecule has 3 rings (SSSR count). The lowest BCUT2D eigenvalue weighted by molar-refractivity contribution is -0.142. The van der Waals surface area contributed by atoms with Crippen molar-refractivity contribution in [3.63, 3.8) is 0 Å². The third-order valence-electron chi connectivity index (χ3n) is 6.73. The van der Waals surface area contributed by atoms with Crippen molar-refractivity contribution in [3.8, 4) is 0 Å². The summed E-state index contributed by atoms with van der Waals surface area (Å²) in [4.78, 5) is 19.8. The highest BCUT2D eigenvalue weighted by molar-refractivity contribution is 5.74. The van der Waals surface area contributed by atoms with Crippen molar-refractivity contribution >= 4 is 5.91 Å². The van der Waals surface area contributed by atoms with Crippen LogP contribution in [-0.4, -0.2) is 71.0 Å². The molecule has 0 aromatic rings. The monoisotopic (exact) mass is 335 g/mol. The summed E-state index contributed by atoms with van der Waals surface area (Å²) < 4.78 is 0. The molecule has 1 saturated carbocycles. The first-order chi connectivity index (χ1) is 11.5. The second-order valence-corrected chi connectivity index (χ2v) is 8.72. The first-order valence-electron chi connectivity index (χ1n) is 10.2. The minimum atomic E-state index is 0.282. The van der Waals surface area contributed by atoms with Gasteiger partial charge in [0.1, 0.15) is 0 Å². The van der Waals surface area contributed by atoms with Crippen LogP contribution in [0.4, 0.5) is 0 Å². The summed E-state index contributed by atoms with van der Waals surface area (Å²) in [6.45, 7) is 13.5. The second-order valence-electron chi connectivity index (χ2n) is 8.72. The van der Waals surface area contributed by atoms with Gasteiger partial charge in [-0.05, 0) is 65.5 Å². The van der Waals surface area contributed by atoms with E-state index in [1.807, 2.05) is 0 Å². The largest absolute Gasteiger partial charge is 0.334 e. The smallest absolute Gasteiger partial charge is 0.220 e. The number of rotatable bonds is 3. The van der Waals surface area contributed by atoms with E-state index in [1.165, 1.54) is 58.2 Å². The van der Waals surface area contributed by atoms with Crippen molar-refractivity contribution in [2.24, 2.45) is 5.92 Å². The number of likely N-dealkylation sites (tertiary alicyclic amines) is 1. The molecule has 2 heterocycles.